The van der Waals surface area contributed by atoms with E-state index >= 15 is 4.39 Å². The van der Waals surface area contributed by atoms with Crippen molar-refractivity contribution in [3.05, 3.63) is 88.7 Å². The second-order valence-electron chi connectivity index (χ2n) is 5.72. The highest BCUT2D eigenvalue weighted by atomic mass is 19.1. The molecule has 3 rings (SSSR count). The fourth-order valence-corrected chi connectivity index (χ4v) is 2.98. The zero-order valence-corrected chi connectivity index (χ0v) is 13.4. The summed E-state index contributed by atoms with van der Waals surface area (Å²) < 4.78 is 15.3. The normalized spacial score (nSPS) is 10.4. The molecule has 0 atom stereocenters. The van der Waals surface area contributed by atoms with Crippen molar-refractivity contribution >= 4 is 5.69 Å². The average molecular weight is 316 g/mol. The van der Waals surface area contributed by atoms with E-state index in [4.69, 9.17) is 5.73 Å². The Balaban J connectivity index is 2.25. The molecule has 0 radical (unpaired) electrons. The van der Waals surface area contributed by atoms with E-state index in [1.807, 2.05) is 60.7 Å². The van der Waals surface area contributed by atoms with Crippen LogP contribution in [0.4, 0.5) is 10.1 Å². The van der Waals surface area contributed by atoms with Gasteiger partial charge < -0.3 is 5.73 Å². The predicted octanol–water partition coefficient (Wildman–Crippen LogP) is 4.85. The molecule has 0 aliphatic carbocycles. The van der Waals surface area contributed by atoms with E-state index in [-0.39, 0.29) is 11.5 Å². The van der Waals surface area contributed by atoms with Gasteiger partial charge in [-0.05, 0) is 23.6 Å². The lowest BCUT2D eigenvalue weighted by molar-refractivity contribution is 0.617. The van der Waals surface area contributed by atoms with Gasteiger partial charge in [-0.2, -0.15) is 5.26 Å². The fourth-order valence-electron chi connectivity index (χ4n) is 2.98. The zero-order chi connectivity index (χ0) is 17.1. The Morgan fingerprint density at radius 2 is 1.58 bits per heavy atom. The molecule has 0 amide bonds. The van der Waals surface area contributed by atoms with Gasteiger partial charge >= 0.3 is 0 Å². The maximum absolute atomic E-state index is 15.3. The first-order valence-corrected chi connectivity index (χ1v) is 7.73. The van der Waals surface area contributed by atoms with E-state index in [1.54, 1.807) is 6.92 Å². The summed E-state index contributed by atoms with van der Waals surface area (Å²) >= 11 is 0. The number of hydrogen-bond acceptors (Lipinski definition) is 2. The third-order valence-electron chi connectivity index (χ3n) is 4.23. The van der Waals surface area contributed by atoms with Crippen LogP contribution in [-0.4, -0.2) is 0 Å². The highest BCUT2D eigenvalue weighted by Gasteiger charge is 2.21. The molecule has 2 nitrogen and oxygen atoms in total. The van der Waals surface area contributed by atoms with Crippen LogP contribution in [0.1, 0.15) is 22.3 Å². The van der Waals surface area contributed by atoms with Gasteiger partial charge in [-0.3, -0.25) is 0 Å². The average Bonchev–Trinajstić information content (AvgIpc) is 2.61. The second-order valence-corrected chi connectivity index (χ2v) is 5.72. The Bertz CT molecular complexity index is 910. The van der Waals surface area contributed by atoms with Crippen molar-refractivity contribution in [2.24, 2.45) is 0 Å². The van der Waals surface area contributed by atoms with Crippen LogP contribution in [0, 0.1) is 24.1 Å². The Labute approximate surface area is 141 Å². The molecule has 0 unspecified atom stereocenters. The van der Waals surface area contributed by atoms with Crippen molar-refractivity contribution < 1.29 is 4.39 Å². The number of nitriles is 1. The lowest BCUT2D eigenvalue weighted by Gasteiger charge is -2.17. The van der Waals surface area contributed by atoms with E-state index in [0.717, 1.165) is 11.1 Å². The largest absolute Gasteiger partial charge is 0.397 e. The van der Waals surface area contributed by atoms with Gasteiger partial charge in [0.15, 0.2) is 0 Å². The summed E-state index contributed by atoms with van der Waals surface area (Å²) in [5, 5.41) is 9.50. The molecule has 0 saturated carbocycles. The maximum atomic E-state index is 15.3. The fraction of sp³-hybridized carbons (Fsp3) is 0.0952. The Morgan fingerprint density at radius 1 is 1.00 bits per heavy atom. The first-order chi connectivity index (χ1) is 11.6. The molecule has 24 heavy (non-hydrogen) atoms. The highest BCUT2D eigenvalue weighted by Crippen LogP contribution is 2.36. The Morgan fingerprint density at radius 3 is 2.17 bits per heavy atom. The molecule has 0 heterocycles. The molecule has 0 fully saturated rings. The minimum atomic E-state index is -0.348. The number of nitrogens with zero attached hydrogens (tertiary/aromatic N) is 1. The predicted molar refractivity (Wildman–Crippen MR) is 94.9 cm³/mol. The molecular formula is C21H17FN2. The molecule has 0 aliphatic heterocycles. The van der Waals surface area contributed by atoms with Crippen molar-refractivity contribution in [1.82, 2.24) is 0 Å². The summed E-state index contributed by atoms with van der Waals surface area (Å²) in [5.74, 6) is -0.348. The van der Waals surface area contributed by atoms with Crippen LogP contribution in [0.15, 0.2) is 60.7 Å². The van der Waals surface area contributed by atoms with Gasteiger partial charge in [0.05, 0.1) is 11.3 Å². The number of benzene rings is 3. The van der Waals surface area contributed by atoms with E-state index < -0.39 is 0 Å². The third kappa shape index (κ3) is 2.75. The maximum Gasteiger partial charge on any atom is 0.136 e. The van der Waals surface area contributed by atoms with Crippen LogP contribution in [0.25, 0.3) is 11.1 Å². The third-order valence-corrected chi connectivity index (χ3v) is 4.23. The second kappa shape index (κ2) is 6.55. The topological polar surface area (TPSA) is 49.8 Å². The van der Waals surface area contributed by atoms with E-state index in [0.29, 0.717) is 28.7 Å². The van der Waals surface area contributed by atoms with Crippen LogP contribution in [-0.2, 0) is 6.42 Å². The Hall–Kier alpha value is -3.12. The van der Waals surface area contributed by atoms with Crippen molar-refractivity contribution in [2.75, 3.05) is 5.73 Å². The summed E-state index contributed by atoms with van der Waals surface area (Å²) in [6.07, 6.45) is 0.354. The minimum Gasteiger partial charge on any atom is -0.397 e. The minimum absolute atomic E-state index is 0.232. The Kier molecular flexibility index (Phi) is 4.31. The van der Waals surface area contributed by atoms with Gasteiger partial charge in [-0.15, -0.1) is 0 Å². The van der Waals surface area contributed by atoms with Gasteiger partial charge in [-0.25, -0.2) is 4.39 Å². The number of rotatable bonds is 3. The molecule has 2 N–H and O–H groups in total. The molecule has 0 aliphatic rings. The number of hydrogen-bond donors (Lipinski definition) is 1. The quantitative estimate of drug-likeness (QED) is 0.702. The van der Waals surface area contributed by atoms with Crippen molar-refractivity contribution in [3.63, 3.8) is 0 Å². The molecule has 3 aromatic carbocycles. The lowest BCUT2D eigenvalue weighted by atomic mass is 9.89. The SMILES string of the molecule is Cc1c(C#N)c(N)c(Cc2ccccc2)c(F)c1-c1ccccc1. The molecule has 0 aromatic heterocycles. The van der Waals surface area contributed by atoms with Crippen LogP contribution in [0.5, 0.6) is 0 Å². The summed E-state index contributed by atoms with van der Waals surface area (Å²) in [5.41, 5.74) is 9.82. The highest BCUT2D eigenvalue weighted by molar-refractivity contribution is 5.78. The smallest absolute Gasteiger partial charge is 0.136 e. The van der Waals surface area contributed by atoms with Gasteiger partial charge in [0, 0.05) is 17.5 Å². The number of anilines is 1. The van der Waals surface area contributed by atoms with E-state index in [2.05, 4.69) is 6.07 Å². The summed E-state index contributed by atoms with van der Waals surface area (Å²) in [7, 11) is 0. The molecule has 3 heteroatoms. The van der Waals surface area contributed by atoms with Gasteiger partial charge in [0.2, 0.25) is 0 Å². The standard InChI is InChI=1S/C21H17FN2/c1-14-18(13-23)21(24)17(12-15-8-4-2-5-9-15)20(22)19(14)16-10-6-3-7-11-16/h2-11H,12,24H2,1H3. The van der Waals surface area contributed by atoms with Crippen LogP contribution in [0.3, 0.4) is 0 Å². The first-order valence-electron chi connectivity index (χ1n) is 7.73. The zero-order valence-electron chi connectivity index (χ0n) is 13.4. The molecule has 0 spiro atoms. The summed E-state index contributed by atoms with van der Waals surface area (Å²) in [4.78, 5) is 0. The lowest BCUT2D eigenvalue weighted by Crippen LogP contribution is -2.07. The molecule has 0 saturated heterocycles. The van der Waals surface area contributed by atoms with Gasteiger partial charge in [-0.1, -0.05) is 60.7 Å². The summed E-state index contributed by atoms with van der Waals surface area (Å²) in [6.45, 7) is 1.74. The van der Waals surface area contributed by atoms with Crippen molar-refractivity contribution in [1.29, 1.82) is 5.26 Å². The number of nitrogen functional groups attached to an aromatic ring is 1. The molecule has 118 valence electrons. The molecular weight excluding hydrogens is 299 g/mol. The van der Waals surface area contributed by atoms with E-state index in [9.17, 15) is 5.26 Å². The van der Waals surface area contributed by atoms with Gasteiger partial charge in [0.1, 0.15) is 11.9 Å². The number of nitrogens with two attached hydrogens (primary N) is 1. The summed E-state index contributed by atoms with van der Waals surface area (Å²) in [6, 6.07) is 21.0. The number of halogens is 1. The van der Waals surface area contributed by atoms with Crippen molar-refractivity contribution in [3.8, 4) is 17.2 Å². The molecule has 0 bridgehead atoms. The monoisotopic (exact) mass is 316 g/mol. The van der Waals surface area contributed by atoms with Crippen molar-refractivity contribution in [2.45, 2.75) is 13.3 Å². The van der Waals surface area contributed by atoms with Crippen LogP contribution >= 0.6 is 0 Å². The van der Waals surface area contributed by atoms with Crippen LogP contribution in [0.2, 0.25) is 0 Å². The first kappa shape index (κ1) is 15.8. The van der Waals surface area contributed by atoms with Gasteiger partial charge in [0.25, 0.3) is 0 Å². The van der Waals surface area contributed by atoms with Crippen LogP contribution < -0.4 is 5.73 Å². The molecule has 3 aromatic rings. The van der Waals surface area contributed by atoms with E-state index in [1.165, 1.54) is 0 Å².